The highest BCUT2D eigenvalue weighted by atomic mass is 127. The maximum atomic E-state index is 13.0. The molecule has 0 saturated heterocycles. The lowest BCUT2D eigenvalue weighted by Gasteiger charge is -2.13. The van der Waals surface area contributed by atoms with Crippen molar-refractivity contribution in [2.24, 2.45) is 12.0 Å². The summed E-state index contributed by atoms with van der Waals surface area (Å²) >= 11 is 2.20. The molecule has 7 heteroatoms. The number of hydrogen-bond acceptors (Lipinski definition) is 4. The van der Waals surface area contributed by atoms with Gasteiger partial charge < -0.3 is 9.47 Å². The van der Waals surface area contributed by atoms with E-state index in [0.717, 1.165) is 20.5 Å². The van der Waals surface area contributed by atoms with Crippen LogP contribution in [0, 0.1) is 10.5 Å². The normalized spacial score (nSPS) is 11.1. The molecule has 1 heterocycles. The Balaban J connectivity index is 2.00. The highest BCUT2D eigenvalue weighted by Crippen LogP contribution is 2.34. The van der Waals surface area contributed by atoms with Crippen molar-refractivity contribution < 1.29 is 9.47 Å². The number of hydrogen-bond donors (Lipinski definition) is 0. The Morgan fingerprint density at radius 3 is 2.60 bits per heavy atom. The molecule has 3 aromatic rings. The molecule has 0 radical (unpaired) electrons. The van der Waals surface area contributed by atoms with Gasteiger partial charge in [0.25, 0.3) is 5.56 Å². The van der Waals surface area contributed by atoms with E-state index < -0.39 is 0 Å². The number of aliphatic imine (C=N–C) groups is 1. The zero-order chi connectivity index (χ0) is 21.7. The summed E-state index contributed by atoms with van der Waals surface area (Å²) in [5.74, 6) is 1.32. The second-order valence-corrected chi connectivity index (χ2v) is 7.69. The Morgan fingerprint density at radius 2 is 1.93 bits per heavy atom. The molecule has 0 amide bonds. The van der Waals surface area contributed by atoms with Crippen LogP contribution in [-0.2, 0) is 7.05 Å². The maximum Gasteiger partial charge on any atom is 0.297 e. The molecule has 0 saturated carbocycles. The molecular weight excluding hydrogens is 493 g/mol. The van der Waals surface area contributed by atoms with Crippen molar-refractivity contribution in [3.8, 4) is 17.2 Å². The number of ether oxygens (including phenoxy) is 2. The summed E-state index contributed by atoms with van der Waals surface area (Å²) in [5.41, 5.74) is 2.64. The first-order valence-corrected chi connectivity index (χ1v) is 10.6. The van der Waals surface area contributed by atoms with Gasteiger partial charge in [0.1, 0.15) is 6.61 Å². The quantitative estimate of drug-likeness (QED) is 0.245. The largest absolute Gasteiger partial charge is 0.490 e. The molecule has 1 aromatic heterocycles. The van der Waals surface area contributed by atoms with E-state index in [1.54, 1.807) is 17.0 Å². The Labute approximate surface area is 189 Å². The molecule has 0 aliphatic carbocycles. The molecule has 0 atom stereocenters. The first-order valence-electron chi connectivity index (χ1n) is 9.56. The molecule has 0 aliphatic rings. The lowest BCUT2D eigenvalue weighted by atomic mass is 10.2. The van der Waals surface area contributed by atoms with Gasteiger partial charge >= 0.3 is 0 Å². The number of nitrogens with zero attached hydrogens (tertiary/aromatic N) is 3. The molecule has 0 bridgehead atoms. The summed E-state index contributed by atoms with van der Waals surface area (Å²) in [4.78, 5) is 17.5. The molecule has 156 valence electrons. The summed E-state index contributed by atoms with van der Waals surface area (Å²) in [5, 5.41) is 0. The number of halogens is 1. The minimum absolute atomic E-state index is 0.164. The average molecular weight is 517 g/mol. The van der Waals surface area contributed by atoms with Crippen LogP contribution in [0.25, 0.3) is 5.69 Å². The van der Waals surface area contributed by atoms with Gasteiger partial charge in [0.2, 0.25) is 0 Å². The van der Waals surface area contributed by atoms with Gasteiger partial charge in [-0.2, -0.15) is 0 Å². The number of para-hydroxylation sites is 1. The van der Waals surface area contributed by atoms with Gasteiger partial charge in [-0.25, -0.2) is 9.67 Å². The second-order valence-electron chi connectivity index (χ2n) is 6.53. The first kappa shape index (κ1) is 21.9. The SMILES string of the molecule is C=CCOc1c(I)cc(C=Nc2c(C)n(C)n(-c3ccccc3)c2=O)cc1OCC. The Morgan fingerprint density at radius 1 is 1.20 bits per heavy atom. The van der Waals surface area contributed by atoms with E-state index in [9.17, 15) is 4.79 Å². The summed E-state index contributed by atoms with van der Waals surface area (Å²) in [6.45, 7) is 8.40. The molecule has 6 nitrogen and oxygen atoms in total. The highest BCUT2D eigenvalue weighted by molar-refractivity contribution is 14.1. The topological polar surface area (TPSA) is 57.8 Å². The predicted octanol–water partition coefficient (Wildman–Crippen LogP) is 4.80. The van der Waals surface area contributed by atoms with Crippen LogP contribution < -0.4 is 15.0 Å². The Bertz CT molecular complexity index is 1130. The minimum Gasteiger partial charge on any atom is -0.490 e. The van der Waals surface area contributed by atoms with Crippen molar-refractivity contribution in [2.45, 2.75) is 13.8 Å². The smallest absolute Gasteiger partial charge is 0.297 e. The van der Waals surface area contributed by atoms with Crippen molar-refractivity contribution in [3.63, 3.8) is 0 Å². The van der Waals surface area contributed by atoms with E-state index in [0.29, 0.717) is 30.4 Å². The van der Waals surface area contributed by atoms with Gasteiger partial charge in [0, 0.05) is 13.3 Å². The van der Waals surface area contributed by atoms with Crippen LogP contribution in [0.15, 0.2) is 64.9 Å². The number of aromatic nitrogens is 2. The summed E-state index contributed by atoms with van der Waals surface area (Å²) in [6.07, 6.45) is 3.37. The predicted molar refractivity (Wildman–Crippen MR) is 129 cm³/mol. The third kappa shape index (κ3) is 4.51. The highest BCUT2D eigenvalue weighted by Gasteiger charge is 2.16. The van der Waals surface area contributed by atoms with Crippen LogP contribution in [0.4, 0.5) is 5.69 Å². The monoisotopic (exact) mass is 517 g/mol. The third-order valence-electron chi connectivity index (χ3n) is 4.54. The van der Waals surface area contributed by atoms with Gasteiger partial charge in [-0.05, 0) is 66.3 Å². The van der Waals surface area contributed by atoms with Crippen molar-refractivity contribution in [1.82, 2.24) is 9.36 Å². The fraction of sp³-hybridized carbons (Fsp3) is 0.217. The van der Waals surface area contributed by atoms with E-state index in [1.807, 2.05) is 68.0 Å². The minimum atomic E-state index is -0.164. The van der Waals surface area contributed by atoms with E-state index in [1.165, 1.54) is 0 Å². The molecule has 0 aliphatic heterocycles. The molecule has 3 rings (SSSR count). The standard InChI is InChI=1S/C23H24IN3O3/c1-5-12-30-22-19(24)13-17(14-20(22)29-6-2)15-25-21-16(3)26(4)27(23(21)28)18-10-8-7-9-11-18/h5,7-11,13-15H,1,6,12H2,2-4H3. The van der Waals surface area contributed by atoms with Gasteiger partial charge in [-0.1, -0.05) is 30.9 Å². The molecule has 0 unspecified atom stereocenters. The molecule has 0 fully saturated rings. The zero-order valence-corrected chi connectivity index (χ0v) is 19.4. The lowest BCUT2D eigenvalue weighted by molar-refractivity contribution is 0.295. The summed E-state index contributed by atoms with van der Waals surface area (Å²) < 4.78 is 15.8. The molecule has 30 heavy (non-hydrogen) atoms. The van der Waals surface area contributed by atoms with E-state index >= 15 is 0 Å². The lowest BCUT2D eigenvalue weighted by Crippen LogP contribution is -2.19. The Kier molecular flexibility index (Phi) is 7.15. The van der Waals surface area contributed by atoms with Crippen LogP contribution in [-0.4, -0.2) is 28.8 Å². The van der Waals surface area contributed by atoms with Gasteiger partial charge in [-0.15, -0.1) is 0 Å². The number of benzene rings is 2. The van der Waals surface area contributed by atoms with Gasteiger partial charge in [0.15, 0.2) is 17.2 Å². The van der Waals surface area contributed by atoms with Gasteiger partial charge in [0.05, 0.1) is 21.6 Å². The van der Waals surface area contributed by atoms with E-state index in [-0.39, 0.29) is 5.56 Å². The van der Waals surface area contributed by atoms with Crippen LogP contribution in [0.3, 0.4) is 0 Å². The van der Waals surface area contributed by atoms with Gasteiger partial charge in [-0.3, -0.25) is 9.48 Å². The molecule has 0 spiro atoms. The molecule has 2 aromatic carbocycles. The fourth-order valence-corrected chi connectivity index (χ4v) is 3.83. The first-order chi connectivity index (χ1) is 14.5. The maximum absolute atomic E-state index is 13.0. The summed E-state index contributed by atoms with van der Waals surface area (Å²) in [6, 6.07) is 13.3. The van der Waals surface area contributed by atoms with Crippen LogP contribution in [0.1, 0.15) is 18.2 Å². The van der Waals surface area contributed by atoms with Crippen LogP contribution >= 0.6 is 22.6 Å². The zero-order valence-electron chi connectivity index (χ0n) is 17.3. The molecule has 0 N–H and O–H groups in total. The van der Waals surface area contributed by atoms with E-state index in [4.69, 9.17) is 9.47 Å². The fourth-order valence-electron chi connectivity index (χ4n) is 3.05. The third-order valence-corrected chi connectivity index (χ3v) is 5.35. The average Bonchev–Trinajstić information content (AvgIpc) is 2.95. The number of rotatable bonds is 8. The van der Waals surface area contributed by atoms with E-state index in [2.05, 4.69) is 34.2 Å². The van der Waals surface area contributed by atoms with Crippen molar-refractivity contribution >= 4 is 34.5 Å². The van der Waals surface area contributed by atoms with Crippen molar-refractivity contribution in [2.75, 3.05) is 13.2 Å². The summed E-state index contributed by atoms with van der Waals surface area (Å²) in [7, 11) is 1.85. The second kappa shape index (κ2) is 9.80. The van der Waals surface area contributed by atoms with Crippen molar-refractivity contribution in [3.05, 3.63) is 80.3 Å². The van der Waals surface area contributed by atoms with Crippen LogP contribution in [0.5, 0.6) is 11.5 Å². The molecular formula is C23H24IN3O3. The van der Waals surface area contributed by atoms with Crippen LogP contribution in [0.2, 0.25) is 0 Å². The van der Waals surface area contributed by atoms with Crippen molar-refractivity contribution in [1.29, 1.82) is 0 Å². The Hall–Kier alpha value is -2.81.